The maximum Gasteiger partial charge on any atom is 0.235 e. The number of thioether (sulfide) groups is 1. The Kier molecular flexibility index (Phi) is 4.93. The van der Waals surface area contributed by atoms with Crippen LogP contribution in [0.15, 0.2) is 28.6 Å². The normalized spacial score (nSPS) is 13.1. The summed E-state index contributed by atoms with van der Waals surface area (Å²) in [6, 6.07) is 6.59. The lowest BCUT2D eigenvalue weighted by Gasteiger charge is -2.10. The van der Waals surface area contributed by atoms with Crippen LogP contribution >= 0.6 is 23.1 Å². The van der Waals surface area contributed by atoms with Crippen molar-refractivity contribution in [1.29, 1.82) is 0 Å². The Morgan fingerprint density at radius 2 is 2.09 bits per heavy atom. The summed E-state index contributed by atoms with van der Waals surface area (Å²) >= 11 is 2.93. The fourth-order valence-corrected chi connectivity index (χ4v) is 4.14. The zero-order valence-corrected chi connectivity index (χ0v) is 14.6. The summed E-state index contributed by atoms with van der Waals surface area (Å²) in [5.74, 6) is 1.50. The van der Waals surface area contributed by atoms with E-state index in [1.54, 1.807) is 16.6 Å². The van der Waals surface area contributed by atoms with Crippen molar-refractivity contribution < 1.29 is 4.39 Å². The molecule has 0 saturated carbocycles. The highest BCUT2D eigenvalue weighted by Gasteiger charge is 2.19. The Balaban J connectivity index is 1.76. The van der Waals surface area contributed by atoms with Gasteiger partial charge in [-0.25, -0.2) is 4.39 Å². The highest BCUT2D eigenvalue weighted by Crippen LogP contribution is 2.29. The molecule has 122 valence electrons. The van der Waals surface area contributed by atoms with Gasteiger partial charge in [0, 0.05) is 5.75 Å². The second-order valence-corrected chi connectivity index (χ2v) is 7.92. The van der Waals surface area contributed by atoms with Gasteiger partial charge in [0.2, 0.25) is 4.96 Å². The van der Waals surface area contributed by atoms with E-state index in [4.69, 9.17) is 5.73 Å². The van der Waals surface area contributed by atoms with Crippen LogP contribution in [0, 0.1) is 11.7 Å². The van der Waals surface area contributed by atoms with Crippen LogP contribution in [0.1, 0.15) is 37.7 Å². The van der Waals surface area contributed by atoms with Crippen LogP contribution in [0.2, 0.25) is 0 Å². The van der Waals surface area contributed by atoms with Gasteiger partial charge in [-0.05, 0) is 24.0 Å². The summed E-state index contributed by atoms with van der Waals surface area (Å²) in [6.45, 7) is 4.24. The lowest BCUT2D eigenvalue weighted by atomic mass is 10.0. The molecule has 0 fully saturated rings. The van der Waals surface area contributed by atoms with E-state index in [2.05, 4.69) is 29.1 Å². The number of benzene rings is 1. The van der Waals surface area contributed by atoms with Crippen molar-refractivity contribution in [3.8, 4) is 0 Å². The first kappa shape index (κ1) is 16.4. The summed E-state index contributed by atoms with van der Waals surface area (Å²) in [7, 11) is 0. The van der Waals surface area contributed by atoms with Crippen LogP contribution in [-0.2, 0) is 5.75 Å². The zero-order valence-electron chi connectivity index (χ0n) is 12.9. The molecule has 2 aromatic heterocycles. The second kappa shape index (κ2) is 6.94. The lowest BCUT2D eigenvalue weighted by molar-refractivity contribution is 0.485. The fourth-order valence-electron chi connectivity index (χ4n) is 2.27. The van der Waals surface area contributed by atoms with E-state index in [-0.39, 0.29) is 11.9 Å². The third kappa shape index (κ3) is 3.70. The SMILES string of the molecule is CC(C)C[C@H](N)c1nnc2sc(SCc3ccccc3F)nn12. The minimum Gasteiger partial charge on any atom is -0.321 e. The molecule has 0 aliphatic carbocycles. The van der Waals surface area contributed by atoms with E-state index in [0.29, 0.717) is 23.1 Å². The van der Waals surface area contributed by atoms with E-state index in [1.165, 1.54) is 29.2 Å². The molecule has 5 nitrogen and oxygen atoms in total. The number of nitrogens with two attached hydrogens (primary N) is 1. The van der Waals surface area contributed by atoms with E-state index in [1.807, 2.05) is 6.07 Å². The van der Waals surface area contributed by atoms with Crippen LogP contribution in [0.3, 0.4) is 0 Å². The number of halogens is 1. The summed E-state index contributed by atoms with van der Waals surface area (Å²) < 4.78 is 16.2. The van der Waals surface area contributed by atoms with Crippen LogP contribution in [0.5, 0.6) is 0 Å². The second-order valence-electron chi connectivity index (χ2n) is 5.74. The highest BCUT2D eigenvalue weighted by molar-refractivity contribution is 8.00. The molecule has 3 aromatic rings. The van der Waals surface area contributed by atoms with Crippen LogP contribution in [0.4, 0.5) is 4.39 Å². The predicted molar refractivity (Wildman–Crippen MR) is 91.0 cm³/mol. The predicted octanol–water partition coefficient (Wildman–Crippen LogP) is 3.66. The third-order valence-electron chi connectivity index (χ3n) is 3.36. The van der Waals surface area contributed by atoms with Gasteiger partial charge in [0.15, 0.2) is 10.2 Å². The average Bonchev–Trinajstić information content (AvgIpc) is 3.05. The molecule has 1 atom stereocenters. The number of aromatic nitrogens is 4. The smallest absolute Gasteiger partial charge is 0.235 e. The molecule has 2 heterocycles. The maximum absolute atomic E-state index is 13.7. The summed E-state index contributed by atoms with van der Waals surface area (Å²) in [5, 5.41) is 12.8. The van der Waals surface area contributed by atoms with Crippen molar-refractivity contribution >= 4 is 28.1 Å². The van der Waals surface area contributed by atoms with Gasteiger partial charge in [0.05, 0.1) is 6.04 Å². The molecule has 0 amide bonds. The zero-order chi connectivity index (χ0) is 16.4. The van der Waals surface area contributed by atoms with Crippen molar-refractivity contribution in [2.45, 2.75) is 36.4 Å². The van der Waals surface area contributed by atoms with Crippen molar-refractivity contribution in [3.63, 3.8) is 0 Å². The first-order valence-corrected chi connectivity index (χ1v) is 9.18. The van der Waals surface area contributed by atoms with Crippen molar-refractivity contribution in [1.82, 2.24) is 19.8 Å². The van der Waals surface area contributed by atoms with Crippen molar-refractivity contribution in [2.75, 3.05) is 0 Å². The average molecular weight is 351 g/mol. The summed E-state index contributed by atoms with van der Waals surface area (Å²) in [5.41, 5.74) is 6.85. The quantitative estimate of drug-likeness (QED) is 0.686. The van der Waals surface area contributed by atoms with Gasteiger partial charge in [0.1, 0.15) is 5.82 Å². The van der Waals surface area contributed by atoms with E-state index >= 15 is 0 Å². The first-order chi connectivity index (χ1) is 11.0. The first-order valence-electron chi connectivity index (χ1n) is 7.38. The van der Waals surface area contributed by atoms with Gasteiger partial charge in [0.25, 0.3) is 0 Å². The standard InChI is InChI=1S/C15H18FN5S2/c1-9(2)7-12(17)13-18-19-14-21(13)20-15(23-14)22-8-10-5-3-4-6-11(10)16/h3-6,9,12H,7-8,17H2,1-2H3/t12-/m0/s1. The fraction of sp³-hybridized carbons (Fsp3) is 0.400. The molecular weight excluding hydrogens is 333 g/mol. The van der Waals surface area contributed by atoms with E-state index in [9.17, 15) is 4.39 Å². The third-order valence-corrected chi connectivity index (χ3v) is 5.44. The molecule has 0 aliphatic heterocycles. The Bertz CT molecular complexity index is 798. The number of hydrogen-bond donors (Lipinski definition) is 1. The molecule has 1 aromatic carbocycles. The van der Waals surface area contributed by atoms with Gasteiger partial charge in [-0.3, -0.25) is 0 Å². The van der Waals surface area contributed by atoms with Gasteiger partial charge in [-0.2, -0.15) is 4.52 Å². The molecule has 0 unspecified atom stereocenters. The summed E-state index contributed by atoms with van der Waals surface area (Å²) in [4.78, 5) is 0.718. The topological polar surface area (TPSA) is 69.1 Å². The van der Waals surface area contributed by atoms with Gasteiger partial charge in [-0.1, -0.05) is 55.1 Å². The van der Waals surface area contributed by atoms with Gasteiger partial charge < -0.3 is 5.73 Å². The molecule has 0 radical (unpaired) electrons. The molecule has 23 heavy (non-hydrogen) atoms. The monoisotopic (exact) mass is 351 g/mol. The Morgan fingerprint density at radius 3 is 2.83 bits per heavy atom. The molecule has 8 heteroatoms. The van der Waals surface area contributed by atoms with Gasteiger partial charge >= 0.3 is 0 Å². The van der Waals surface area contributed by atoms with Crippen molar-refractivity contribution in [2.24, 2.45) is 11.7 Å². The Labute approximate surface area is 142 Å². The molecule has 0 bridgehead atoms. The van der Waals surface area contributed by atoms with Gasteiger partial charge in [-0.15, -0.1) is 15.3 Å². The lowest BCUT2D eigenvalue weighted by Crippen LogP contribution is -2.16. The van der Waals surface area contributed by atoms with Crippen molar-refractivity contribution in [3.05, 3.63) is 41.5 Å². The van der Waals surface area contributed by atoms with Crippen LogP contribution in [0.25, 0.3) is 4.96 Å². The molecule has 3 rings (SSSR count). The number of rotatable bonds is 6. The van der Waals surface area contributed by atoms with Crippen LogP contribution in [-0.4, -0.2) is 19.8 Å². The maximum atomic E-state index is 13.7. The van der Waals surface area contributed by atoms with E-state index in [0.717, 1.165) is 15.7 Å². The molecule has 0 saturated heterocycles. The number of hydrogen-bond acceptors (Lipinski definition) is 6. The minimum absolute atomic E-state index is 0.184. The molecule has 0 spiro atoms. The molecular formula is C15H18FN5S2. The van der Waals surface area contributed by atoms with E-state index < -0.39 is 0 Å². The number of nitrogens with zero attached hydrogens (tertiary/aromatic N) is 4. The summed E-state index contributed by atoms with van der Waals surface area (Å²) in [6.07, 6.45) is 0.829. The highest BCUT2D eigenvalue weighted by atomic mass is 32.2. The Hall–Kier alpha value is -1.51. The number of fused-ring (bicyclic) bond motifs is 1. The largest absolute Gasteiger partial charge is 0.321 e. The minimum atomic E-state index is -0.192. The molecule has 2 N–H and O–H groups in total. The molecule has 0 aliphatic rings. The Morgan fingerprint density at radius 1 is 1.30 bits per heavy atom. The van der Waals surface area contributed by atoms with Crippen LogP contribution < -0.4 is 5.73 Å².